The van der Waals surface area contributed by atoms with Gasteiger partial charge in [0.05, 0.1) is 40.5 Å². The Bertz CT molecular complexity index is 3450. The number of likely N-dealkylation sites (N-methyl/N-ethyl adjacent to an activating group) is 2. The van der Waals surface area contributed by atoms with E-state index in [1.165, 1.54) is 4.68 Å². The quantitative estimate of drug-likeness (QED) is 0.102. The molecule has 6 aliphatic rings. The zero-order valence-electron chi connectivity index (χ0n) is 46.6. The lowest BCUT2D eigenvalue weighted by molar-refractivity contribution is -0.136. The Balaban J connectivity index is 0.615. The van der Waals surface area contributed by atoms with Gasteiger partial charge < -0.3 is 35.0 Å². The number of aromatic nitrogens is 4. The minimum absolute atomic E-state index is 0.0132. The van der Waals surface area contributed by atoms with Gasteiger partial charge in [-0.2, -0.15) is 14.9 Å². The molecule has 0 bridgehead atoms. The summed E-state index contributed by atoms with van der Waals surface area (Å²) in [6, 6.07) is 19.7. The summed E-state index contributed by atoms with van der Waals surface area (Å²) in [5.74, 6) is -1.78. The highest BCUT2D eigenvalue weighted by molar-refractivity contribution is 9.11. The number of carbonyl (C=O) groups is 6. The van der Waals surface area contributed by atoms with Crippen LogP contribution < -0.4 is 32.0 Å². The number of nitrogens with one attached hydrogen (secondary N) is 3. The van der Waals surface area contributed by atoms with Crippen molar-refractivity contribution < 1.29 is 33.5 Å². The Hall–Kier alpha value is -7.12. The Morgan fingerprint density at radius 1 is 0.663 bits per heavy atom. The summed E-state index contributed by atoms with van der Waals surface area (Å²) in [7, 11) is 5.73. The molecule has 5 aromatic rings. The van der Waals surface area contributed by atoms with E-state index in [1.54, 1.807) is 43.7 Å². The Labute approximate surface area is 496 Å². The molecule has 0 saturated carbocycles. The molecule has 24 heteroatoms. The fraction of sp³-hybridized carbons (Fsp3) is 0.458. The second-order valence-electron chi connectivity index (χ2n) is 23.0. The molecular formula is C59H67Br2N13O9. The van der Waals surface area contributed by atoms with Crippen molar-refractivity contribution in [3.8, 4) is 0 Å². The van der Waals surface area contributed by atoms with Gasteiger partial charge in [0.15, 0.2) is 6.73 Å². The maximum atomic E-state index is 13.8. The molecule has 5 atom stereocenters. The summed E-state index contributed by atoms with van der Waals surface area (Å²) in [6.07, 6.45) is 6.84. The zero-order valence-corrected chi connectivity index (χ0v) is 49.8. The maximum absolute atomic E-state index is 13.8. The number of amides is 5. The van der Waals surface area contributed by atoms with E-state index in [9.17, 15) is 38.4 Å². The van der Waals surface area contributed by atoms with Gasteiger partial charge in [0, 0.05) is 109 Å². The summed E-state index contributed by atoms with van der Waals surface area (Å²) < 4.78 is 8.67. The second kappa shape index (κ2) is 24.6. The molecule has 3 N–H and O–H groups in total. The SMILES string of the molecule is CN1C[C@H](Nc2cnn(C)c(=O)c2Br)C[C@H](c2ccc(C(=O)OCn3ncc(N[C@@H]4C[C@H](c5ccc(C(=O)N6CCC(CN7CCN(c8ccc9c(c8)C(=O)N(C8CCC(=O)NC8=O)C9=O)CC7)CC6)cc5)CN(C)C4)c(Br)c3=O)cc2)C1. The topological polar surface area (TPSA) is 237 Å². The lowest BCUT2D eigenvalue weighted by Crippen LogP contribution is -2.54. The van der Waals surface area contributed by atoms with Crippen molar-refractivity contribution in [2.75, 3.05) is 102 Å². The van der Waals surface area contributed by atoms with Crippen LogP contribution in [0.15, 0.2) is 97.7 Å². The van der Waals surface area contributed by atoms with Crippen LogP contribution in [-0.2, 0) is 28.1 Å². The molecule has 0 radical (unpaired) electrons. The zero-order chi connectivity index (χ0) is 58.2. The number of ether oxygens (including phenoxy) is 1. The van der Waals surface area contributed by atoms with Crippen LogP contribution in [0.5, 0.6) is 0 Å². The van der Waals surface area contributed by atoms with Crippen LogP contribution in [0, 0.1) is 5.92 Å². The van der Waals surface area contributed by atoms with Crippen LogP contribution in [-0.4, -0.2) is 184 Å². The first kappa shape index (κ1) is 57.7. The van der Waals surface area contributed by atoms with Crippen LogP contribution >= 0.6 is 31.9 Å². The molecule has 5 fully saturated rings. The van der Waals surface area contributed by atoms with Crippen molar-refractivity contribution in [2.45, 2.75) is 75.2 Å². The third-order valence-corrected chi connectivity index (χ3v) is 18.7. The van der Waals surface area contributed by atoms with E-state index in [0.717, 1.165) is 111 Å². The Morgan fingerprint density at radius 2 is 1.24 bits per heavy atom. The number of piperazine rings is 1. The lowest BCUT2D eigenvalue weighted by Gasteiger charge is -2.39. The monoisotopic (exact) mass is 1260 g/mol. The van der Waals surface area contributed by atoms with Crippen LogP contribution in [0.2, 0.25) is 0 Å². The highest BCUT2D eigenvalue weighted by Gasteiger charge is 2.45. The minimum Gasteiger partial charge on any atom is -0.439 e. The molecule has 8 heterocycles. The van der Waals surface area contributed by atoms with E-state index >= 15 is 0 Å². The van der Waals surface area contributed by atoms with Gasteiger partial charge in [-0.05, 0) is 149 Å². The molecule has 5 amide bonds. The summed E-state index contributed by atoms with van der Waals surface area (Å²) in [5, 5.41) is 17.7. The third kappa shape index (κ3) is 12.6. The number of esters is 1. The molecule has 6 aliphatic heterocycles. The average Bonchev–Trinajstić information content (AvgIpc) is 2.79. The number of halogens is 2. The van der Waals surface area contributed by atoms with Crippen molar-refractivity contribution in [3.05, 3.63) is 142 Å². The second-order valence-corrected chi connectivity index (χ2v) is 24.6. The predicted octanol–water partition coefficient (Wildman–Crippen LogP) is 4.55. The molecule has 1 unspecified atom stereocenters. The molecule has 0 spiro atoms. The number of fused-ring (bicyclic) bond motifs is 1. The van der Waals surface area contributed by atoms with Gasteiger partial charge in [-0.1, -0.05) is 24.3 Å². The number of imide groups is 2. The number of aryl methyl sites for hydroxylation is 1. The van der Waals surface area contributed by atoms with E-state index in [2.05, 4.69) is 104 Å². The van der Waals surface area contributed by atoms with Gasteiger partial charge in [0.25, 0.3) is 28.8 Å². The Morgan fingerprint density at radius 3 is 1.86 bits per heavy atom. The summed E-state index contributed by atoms with van der Waals surface area (Å²) in [5.41, 5.74) is 5.16. The molecule has 3 aromatic carbocycles. The number of likely N-dealkylation sites (tertiary alicyclic amines) is 3. The van der Waals surface area contributed by atoms with Crippen LogP contribution in [0.1, 0.15) is 103 Å². The Kier molecular flexibility index (Phi) is 17.1. The lowest BCUT2D eigenvalue weighted by atomic mass is 9.87. The fourth-order valence-corrected chi connectivity index (χ4v) is 13.6. The summed E-state index contributed by atoms with van der Waals surface area (Å²) >= 11 is 6.90. The van der Waals surface area contributed by atoms with Gasteiger partial charge >= 0.3 is 5.97 Å². The van der Waals surface area contributed by atoms with Gasteiger partial charge in [-0.3, -0.25) is 48.7 Å². The fourth-order valence-electron chi connectivity index (χ4n) is 12.7. The van der Waals surface area contributed by atoms with Crippen molar-refractivity contribution in [2.24, 2.45) is 13.0 Å². The molecule has 11 rings (SSSR count). The van der Waals surface area contributed by atoms with E-state index in [1.807, 2.05) is 35.2 Å². The van der Waals surface area contributed by atoms with Gasteiger partial charge in [0.2, 0.25) is 11.8 Å². The number of anilines is 3. The number of piperidine rings is 4. The number of nitrogens with zero attached hydrogens (tertiary/aromatic N) is 10. The van der Waals surface area contributed by atoms with Gasteiger partial charge in [0.1, 0.15) is 15.0 Å². The molecule has 2 aromatic heterocycles. The molecule has 0 aliphatic carbocycles. The van der Waals surface area contributed by atoms with E-state index < -0.39 is 41.2 Å². The first-order valence-electron chi connectivity index (χ1n) is 28.3. The molecular weight excluding hydrogens is 1190 g/mol. The van der Waals surface area contributed by atoms with Crippen molar-refractivity contribution >= 4 is 84.4 Å². The largest absolute Gasteiger partial charge is 0.439 e. The highest BCUT2D eigenvalue weighted by Crippen LogP contribution is 2.34. The normalized spacial score (nSPS) is 23.0. The van der Waals surface area contributed by atoms with Crippen molar-refractivity contribution in [1.82, 2.24) is 49.4 Å². The number of hydrogen-bond acceptors (Lipinski definition) is 17. The van der Waals surface area contributed by atoms with Crippen molar-refractivity contribution in [3.63, 3.8) is 0 Å². The average molecular weight is 1260 g/mol. The van der Waals surface area contributed by atoms with Crippen LogP contribution in [0.4, 0.5) is 17.1 Å². The van der Waals surface area contributed by atoms with Crippen LogP contribution in [0.3, 0.4) is 0 Å². The predicted molar refractivity (Wildman–Crippen MR) is 317 cm³/mol. The molecule has 22 nitrogen and oxygen atoms in total. The number of benzene rings is 3. The van der Waals surface area contributed by atoms with E-state index in [0.29, 0.717) is 46.0 Å². The highest BCUT2D eigenvalue weighted by atomic mass is 79.9. The van der Waals surface area contributed by atoms with E-state index in [-0.39, 0.29) is 70.6 Å². The maximum Gasteiger partial charge on any atom is 0.339 e. The van der Waals surface area contributed by atoms with Gasteiger partial charge in [-0.25, -0.2) is 9.48 Å². The van der Waals surface area contributed by atoms with Crippen molar-refractivity contribution in [1.29, 1.82) is 0 Å². The summed E-state index contributed by atoms with van der Waals surface area (Å²) in [4.78, 5) is 116. The van der Waals surface area contributed by atoms with Gasteiger partial charge in [-0.15, -0.1) is 0 Å². The number of carbonyl (C=O) groups excluding carboxylic acids is 6. The first-order chi connectivity index (χ1) is 39.9. The molecule has 436 valence electrons. The minimum atomic E-state index is -0.997. The number of rotatable bonds is 14. The smallest absolute Gasteiger partial charge is 0.339 e. The standard InChI is InChI=1S/C59H67Br2N13O9/c1-67-30-40(24-43(33-67)65-48-28-63-73(58(81)52(48)61)34-83-59(82)39-10-6-37(7-11-39)41-25-42(32-68(2)31-41)64-47-27-62-69(3)57(80)51(47)60)36-4-8-38(9-5-36)54(77)72-18-16-35(17-19-72)29-70-20-22-71(23-21-70)44-12-13-45-46(26-44)56(79)74(55(45)78)49-14-15-50(75)66-53(49)76/h4-13,26-28,35,40-43,49,64-65H,14-25,29-34H2,1-3H3,(H,66,75,76)/t40-,41-,42+,43+,49?/m0/s1. The number of hydrogen-bond donors (Lipinski definition) is 3. The van der Waals surface area contributed by atoms with Crippen LogP contribution in [0.25, 0.3) is 0 Å². The first-order valence-corrected chi connectivity index (χ1v) is 29.9. The van der Waals surface area contributed by atoms with E-state index in [4.69, 9.17) is 4.74 Å². The third-order valence-electron chi connectivity index (χ3n) is 17.2. The summed E-state index contributed by atoms with van der Waals surface area (Å²) in [6.45, 7) is 8.34. The molecule has 5 saturated heterocycles. The molecule has 83 heavy (non-hydrogen) atoms.